The zero-order valence-corrected chi connectivity index (χ0v) is 12.6. The first-order valence-electron chi connectivity index (χ1n) is 7.36. The van der Waals surface area contributed by atoms with Crippen molar-refractivity contribution in [3.05, 3.63) is 58.7 Å². The van der Waals surface area contributed by atoms with Crippen LogP contribution in [0.1, 0.15) is 37.3 Å². The molecule has 0 saturated heterocycles. The highest BCUT2D eigenvalue weighted by molar-refractivity contribution is 5.67. The fourth-order valence-corrected chi connectivity index (χ4v) is 2.40. The standard InChI is InChI=1S/C18H15F4N/c1-2-3-4-5-11-6-8-12(9-7-11)14-17(21)15(19)13(10-23)16(20)18(14)22/h6-9H,2-5H2,1H3. The van der Waals surface area contributed by atoms with Gasteiger partial charge < -0.3 is 0 Å². The van der Waals surface area contributed by atoms with Gasteiger partial charge in [-0.1, -0.05) is 44.0 Å². The molecule has 1 nitrogen and oxygen atoms in total. The van der Waals surface area contributed by atoms with E-state index in [1.165, 1.54) is 12.1 Å². The zero-order chi connectivity index (χ0) is 17.0. The van der Waals surface area contributed by atoms with Crippen molar-refractivity contribution in [3.63, 3.8) is 0 Å². The smallest absolute Gasteiger partial charge is 0.180 e. The average Bonchev–Trinajstić information content (AvgIpc) is 2.55. The van der Waals surface area contributed by atoms with E-state index in [1.807, 2.05) is 0 Å². The highest BCUT2D eigenvalue weighted by atomic mass is 19.2. The van der Waals surface area contributed by atoms with E-state index in [0.717, 1.165) is 37.3 Å². The topological polar surface area (TPSA) is 23.8 Å². The maximum absolute atomic E-state index is 14.0. The van der Waals surface area contributed by atoms with Gasteiger partial charge in [0.25, 0.3) is 0 Å². The molecule has 2 rings (SSSR count). The summed E-state index contributed by atoms with van der Waals surface area (Å²) in [5.41, 5.74) is -1.03. The minimum absolute atomic E-state index is 0.0292. The van der Waals surface area contributed by atoms with Crippen LogP contribution in [0, 0.1) is 34.6 Å². The monoisotopic (exact) mass is 321 g/mol. The van der Waals surface area contributed by atoms with Gasteiger partial charge in [-0.2, -0.15) is 5.26 Å². The van der Waals surface area contributed by atoms with Crippen molar-refractivity contribution in [2.45, 2.75) is 32.6 Å². The number of hydrogen-bond acceptors (Lipinski definition) is 1. The van der Waals surface area contributed by atoms with Crippen molar-refractivity contribution >= 4 is 0 Å². The lowest BCUT2D eigenvalue weighted by Gasteiger charge is -2.09. The summed E-state index contributed by atoms with van der Waals surface area (Å²) in [4.78, 5) is 0. The Morgan fingerprint density at radius 1 is 0.870 bits per heavy atom. The average molecular weight is 321 g/mol. The second kappa shape index (κ2) is 7.28. The largest absolute Gasteiger partial charge is 0.203 e. The number of benzene rings is 2. The van der Waals surface area contributed by atoms with Crippen LogP contribution in [0.2, 0.25) is 0 Å². The van der Waals surface area contributed by atoms with Gasteiger partial charge in [-0.25, -0.2) is 17.6 Å². The second-order valence-corrected chi connectivity index (χ2v) is 5.27. The van der Waals surface area contributed by atoms with Crippen LogP contribution in [-0.2, 0) is 6.42 Å². The summed E-state index contributed by atoms with van der Waals surface area (Å²) >= 11 is 0. The molecule has 0 aliphatic heterocycles. The van der Waals surface area contributed by atoms with Gasteiger partial charge in [-0.15, -0.1) is 0 Å². The molecule has 0 bridgehead atoms. The van der Waals surface area contributed by atoms with Crippen LogP contribution in [0.5, 0.6) is 0 Å². The van der Waals surface area contributed by atoms with Gasteiger partial charge in [0.05, 0.1) is 5.56 Å². The van der Waals surface area contributed by atoms with Crippen LogP contribution in [0.15, 0.2) is 24.3 Å². The Kier molecular flexibility index (Phi) is 5.38. The van der Waals surface area contributed by atoms with Crippen LogP contribution in [0.25, 0.3) is 11.1 Å². The summed E-state index contributed by atoms with van der Waals surface area (Å²) in [7, 11) is 0. The van der Waals surface area contributed by atoms with Crippen molar-refractivity contribution in [1.82, 2.24) is 0 Å². The lowest BCUT2D eigenvalue weighted by molar-refractivity contribution is 0.454. The SMILES string of the molecule is CCCCCc1ccc(-c2c(F)c(F)c(C#N)c(F)c2F)cc1. The molecule has 0 aliphatic rings. The van der Waals surface area contributed by atoms with E-state index in [4.69, 9.17) is 5.26 Å². The van der Waals surface area contributed by atoms with E-state index in [0.29, 0.717) is 0 Å². The van der Waals surface area contributed by atoms with E-state index in [1.54, 1.807) is 12.1 Å². The first-order chi connectivity index (χ1) is 11.0. The van der Waals surface area contributed by atoms with Gasteiger partial charge in [-0.05, 0) is 24.0 Å². The van der Waals surface area contributed by atoms with Gasteiger partial charge in [0.2, 0.25) is 0 Å². The highest BCUT2D eigenvalue weighted by Gasteiger charge is 2.26. The summed E-state index contributed by atoms with van der Waals surface area (Å²) in [6, 6.07) is 7.34. The molecule has 0 fully saturated rings. The molecule has 0 radical (unpaired) electrons. The van der Waals surface area contributed by atoms with Crippen molar-refractivity contribution in [1.29, 1.82) is 5.26 Å². The molecule has 0 aliphatic carbocycles. The summed E-state index contributed by atoms with van der Waals surface area (Å²) in [5, 5.41) is 8.59. The Labute approximate surface area is 132 Å². The number of unbranched alkanes of at least 4 members (excludes halogenated alkanes) is 2. The number of hydrogen-bond donors (Lipinski definition) is 0. The molecule has 5 heteroatoms. The minimum Gasteiger partial charge on any atom is -0.203 e. The summed E-state index contributed by atoms with van der Waals surface area (Å²) in [6.07, 6.45) is 3.99. The minimum atomic E-state index is -1.67. The molecule has 0 saturated carbocycles. The number of rotatable bonds is 5. The molecular weight excluding hydrogens is 306 g/mol. The van der Waals surface area contributed by atoms with Crippen LogP contribution in [0.3, 0.4) is 0 Å². The summed E-state index contributed by atoms with van der Waals surface area (Å²) in [5.74, 6) is -6.46. The predicted molar refractivity (Wildman–Crippen MR) is 79.7 cm³/mol. The van der Waals surface area contributed by atoms with Gasteiger partial charge in [0, 0.05) is 0 Å². The zero-order valence-electron chi connectivity index (χ0n) is 12.6. The third-order valence-corrected chi connectivity index (χ3v) is 3.69. The van der Waals surface area contributed by atoms with Gasteiger partial charge in [0.1, 0.15) is 11.6 Å². The predicted octanol–water partition coefficient (Wildman–Crippen LogP) is 5.51. The molecular formula is C18H15F4N. The van der Waals surface area contributed by atoms with Crippen LogP contribution in [-0.4, -0.2) is 0 Å². The van der Waals surface area contributed by atoms with Crippen molar-refractivity contribution in [2.24, 2.45) is 0 Å². The highest BCUT2D eigenvalue weighted by Crippen LogP contribution is 2.32. The van der Waals surface area contributed by atoms with Crippen LogP contribution >= 0.6 is 0 Å². The molecule has 0 N–H and O–H groups in total. The Balaban J connectivity index is 2.41. The fraction of sp³-hybridized carbons (Fsp3) is 0.278. The van der Waals surface area contributed by atoms with E-state index in [9.17, 15) is 17.6 Å². The van der Waals surface area contributed by atoms with Crippen molar-refractivity contribution in [2.75, 3.05) is 0 Å². The fourth-order valence-electron chi connectivity index (χ4n) is 2.40. The molecule has 120 valence electrons. The number of nitrogens with zero attached hydrogens (tertiary/aromatic N) is 1. The maximum Gasteiger partial charge on any atom is 0.180 e. The maximum atomic E-state index is 14.0. The van der Waals surface area contributed by atoms with Crippen molar-refractivity contribution in [3.8, 4) is 17.2 Å². The third kappa shape index (κ3) is 3.37. The second-order valence-electron chi connectivity index (χ2n) is 5.27. The van der Waals surface area contributed by atoms with Crippen LogP contribution in [0.4, 0.5) is 17.6 Å². The first kappa shape index (κ1) is 17.0. The Morgan fingerprint density at radius 2 is 1.43 bits per heavy atom. The molecule has 2 aromatic rings. The quantitative estimate of drug-likeness (QED) is 0.404. The van der Waals surface area contributed by atoms with Crippen molar-refractivity contribution < 1.29 is 17.6 Å². The van der Waals surface area contributed by atoms with E-state index < -0.39 is 34.4 Å². The summed E-state index contributed by atoms with van der Waals surface area (Å²) < 4.78 is 55.3. The number of nitriles is 1. The molecule has 0 heterocycles. The van der Waals surface area contributed by atoms with E-state index in [-0.39, 0.29) is 5.56 Å². The van der Waals surface area contributed by atoms with E-state index >= 15 is 0 Å². The Bertz CT molecular complexity index is 716. The molecule has 0 spiro atoms. The van der Waals surface area contributed by atoms with Gasteiger partial charge in [0.15, 0.2) is 23.3 Å². The number of aryl methyl sites for hydroxylation is 1. The van der Waals surface area contributed by atoms with Gasteiger partial charge in [-0.3, -0.25) is 0 Å². The third-order valence-electron chi connectivity index (χ3n) is 3.69. The van der Waals surface area contributed by atoms with Gasteiger partial charge >= 0.3 is 0 Å². The molecule has 0 unspecified atom stereocenters. The molecule has 2 aromatic carbocycles. The normalized spacial score (nSPS) is 10.6. The van der Waals surface area contributed by atoms with E-state index in [2.05, 4.69) is 6.92 Å². The number of halogens is 4. The molecule has 0 amide bonds. The Morgan fingerprint density at radius 3 is 1.91 bits per heavy atom. The molecule has 23 heavy (non-hydrogen) atoms. The van der Waals surface area contributed by atoms with Crippen LogP contribution < -0.4 is 0 Å². The molecule has 0 atom stereocenters. The first-order valence-corrected chi connectivity index (χ1v) is 7.36. The lowest BCUT2D eigenvalue weighted by atomic mass is 9.98. The molecule has 0 aromatic heterocycles. The summed E-state index contributed by atoms with van der Waals surface area (Å²) in [6.45, 7) is 2.09. The Hall–Kier alpha value is -2.35. The lowest BCUT2D eigenvalue weighted by Crippen LogP contribution is -2.03.